The van der Waals surface area contributed by atoms with E-state index >= 15 is 0 Å². The van der Waals surface area contributed by atoms with Crippen LogP contribution in [0, 0.1) is 0 Å². The van der Waals surface area contributed by atoms with Crippen molar-refractivity contribution < 1.29 is 4.79 Å². The summed E-state index contributed by atoms with van der Waals surface area (Å²) in [6.07, 6.45) is 10.5. The third-order valence-electron chi connectivity index (χ3n) is 4.10. The van der Waals surface area contributed by atoms with Gasteiger partial charge in [-0.2, -0.15) is 0 Å². The first-order valence-corrected chi connectivity index (χ1v) is 6.59. The van der Waals surface area contributed by atoms with E-state index in [1.165, 1.54) is 12.7 Å². The largest absolute Gasteiger partial charge is 0.312 e. The fourth-order valence-electron chi connectivity index (χ4n) is 3.21. The first-order valence-electron chi connectivity index (χ1n) is 6.59. The zero-order valence-corrected chi connectivity index (χ0v) is 10.4. The molecule has 1 aliphatic heterocycles. The summed E-state index contributed by atoms with van der Waals surface area (Å²) in [7, 11) is 0. The maximum Gasteiger partial charge on any atom is 0.312 e. The Morgan fingerprint density at radius 1 is 1.21 bits per heavy atom. The number of aromatic nitrogens is 4. The van der Waals surface area contributed by atoms with E-state index in [1.54, 1.807) is 6.20 Å². The Morgan fingerprint density at radius 3 is 2.89 bits per heavy atom. The Kier molecular flexibility index (Phi) is 2.09. The van der Waals surface area contributed by atoms with Gasteiger partial charge in [-0.3, -0.25) is 9.36 Å². The lowest BCUT2D eigenvalue weighted by Gasteiger charge is -2.37. The molecule has 0 saturated heterocycles. The van der Waals surface area contributed by atoms with Crippen LogP contribution in [0.15, 0.2) is 17.5 Å². The van der Waals surface area contributed by atoms with E-state index in [4.69, 9.17) is 0 Å². The number of hydrogen-bond acceptors (Lipinski definition) is 4. The second-order valence-electron chi connectivity index (χ2n) is 5.23. The normalized spacial score (nSPS) is 20.9. The SMILES string of the molecule is O=C1N=CC2(CCCCC2)n2c1nc1cncnc12. The van der Waals surface area contributed by atoms with Crippen molar-refractivity contribution in [1.82, 2.24) is 19.5 Å². The molecule has 1 aliphatic carbocycles. The van der Waals surface area contributed by atoms with E-state index in [2.05, 4.69) is 19.9 Å². The van der Waals surface area contributed by atoms with Crippen LogP contribution in [0.1, 0.15) is 42.7 Å². The molecule has 0 unspecified atom stereocenters. The maximum absolute atomic E-state index is 12.0. The number of imidazole rings is 1. The quantitative estimate of drug-likeness (QED) is 0.718. The van der Waals surface area contributed by atoms with Crippen molar-refractivity contribution >= 4 is 23.3 Å². The summed E-state index contributed by atoms with van der Waals surface area (Å²) in [6, 6.07) is 0. The Balaban J connectivity index is 2.03. The molecule has 2 aliphatic rings. The van der Waals surface area contributed by atoms with Crippen molar-refractivity contribution in [2.45, 2.75) is 37.6 Å². The van der Waals surface area contributed by atoms with E-state index in [0.29, 0.717) is 11.3 Å². The highest BCUT2D eigenvalue weighted by atomic mass is 16.1. The predicted molar refractivity (Wildman–Crippen MR) is 69.2 cm³/mol. The highest BCUT2D eigenvalue weighted by Gasteiger charge is 2.40. The van der Waals surface area contributed by atoms with Crippen molar-refractivity contribution in [3.05, 3.63) is 18.3 Å². The molecule has 19 heavy (non-hydrogen) atoms. The van der Waals surface area contributed by atoms with Crippen LogP contribution >= 0.6 is 0 Å². The van der Waals surface area contributed by atoms with Gasteiger partial charge in [0.25, 0.3) is 0 Å². The molecule has 96 valence electrons. The number of rotatable bonds is 0. The Labute approximate surface area is 109 Å². The van der Waals surface area contributed by atoms with Crippen molar-refractivity contribution in [1.29, 1.82) is 0 Å². The maximum atomic E-state index is 12.0. The summed E-state index contributed by atoms with van der Waals surface area (Å²) in [4.78, 5) is 28.6. The highest BCUT2D eigenvalue weighted by molar-refractivity contribution is 6.02. The van der Waals surface area contributed by atoms with Crippen LogP contribution in [-0.2, 0) is 5.54 Å². The molecule has 6 nitrogen and oxygen atoms in total. The third kappa shape index (κ3) is 1.39. The number of nitrogens with zero attached hydrogens (tertiary/aromatic N) is 5. The monoisotopic (exact) mass is 255 g/mol. The highest BCUT2D eigenvalue weighted by Crippen LogP contribution is 2.38. The molecule has 6 heteroatoms. The van der Waals surface area contributed by atoms with Crippen LogP contribution in [0.5, 0.6) is 0 Å². The molecule has 1 spiro atoms. The predicted octanol–water partition coefficient (Wildman–Crippen LogP) is 1.71. The van der Waals surface area contributed by atoms with E-state index < -0.39 is 0 Å². The van der Waals surface area contributed by atoms with Crippen molar-refractivity contribution in [2.75, 3.05) is 0 Å². The van der Waals surface area contributed by atoms with Gasteiger partial charge in [-0.15, -0.1) is 0 Å². The van der Waals surface area contributed by atoms with Crippen molar-refractivity contribution in [2.24, 2.45) is 4.99 Å². The Morgan fingerprint density at radius 2 is 2.05 bits per heavy atom. The molecule has 0 bridgehead atoms. The van der Waals surface area contributed by atoms with E-state index in [-0.39, 0.29) is 11.4 Å². The Hall–Kier alpha value is -2.11. The van der Waals surface area contributed by atoms with Gasteiger partial charge in [0.15, 0.2) is 5.65 Å². The summed E-state index contributed by atoms with van der Waals surface area (Å²) in [5.41, 5.74) is 1.19. The molecule has 1 saturated carbocycles. The van der Waals surface area contributed by atoms with E-state index in [9.17, 15) is 4.79 Å². The van der Waals surface area contributed by atoms with Gasteiger partial charge in [-0.05, 0) is 12.8 Å². The van der Waals surface area contributed by atoms with Gasteiger partial charge in [0.05, 0.1) is 11.7 Å². The fourth-order valence-corrected chi connectivity index (χ4v) is 3.21. The Bertz CT molecular complexity index is 696. The topological polar surface area (TPSA) is 73.0 Å². The molecule has 3 heterocycles. The number of carbonyl (C=O) groups excluding carboxylic acids is 1. The minimum Gasteiger partial charge on any atom is -0.293 e. The number of hydrogen-bond donors (Lipinski definition) is 0. The van der Waals surface area contributed by atoms with Gasteiger partial charge >= 0.3 is 5.91 Å². The van der Waals surface area contributed by atoms with Gasteiger partial charge < -0.3 is 0 Å². The lowest BCUT2D eigenvalue weighted by Crippen LogP contribution is -2.42. The second-order valence-corrected chi connectivity index (χ2v) is 5.23. The third-order valence-corrected chi connectivity index (χ3v) is 4.10. The van der Waals surface area contributed by atoms with Crippen LogP contribution in [0.3, 0.4) is 0 Å². The average Bonchev–Trinajstić information content (AvgIpc) is 2.85. The molecule has 0 radical (unpaired) electrons. The molecule has 1 amide bonds. The number of aliphatic imine (C=N–C) groups is 1. The molecule has 1 fully saturated rings. The molecule has 0 N–H and O–H groups in total. The van der Waals surface area contributed by atoms with Crippen LogP contribution < -0.4 is 0 Å². The molecular formula is C13H13N5O. The van der Waals surface area contributed by atoms with Gasteiger partial charge in [-0.25, -0.2) is 19.9 Å². The molecule has 2 aromatic rings. The fraction of sp³-hybridized carbons (Fsp3) is 0.462. The summed E-state index contributed by atoms with van der Waals surface area (Å²) in [5, 5.41) is 0. The van der Waals surface area contributed by atoms with Crippen LogP contribution in [0.25, 0.3) is 11.2 Å². The van der Waals surface area contributed by atoms with Crippen LogP contribution in [0.2, 0.25) is 0 Å². The molecule has 0 atom stereocenters. The molecular weight excluding hydrogens is 242 g/mol. The van der Waals surface area contributed by atoms with Crippen LogP contribution in [-0.4, -0.2) is 31.6 Å². The molecule has 0 aromatic carbocycles. The minimum atomic E-state index is -0.283. The lowest BCUT2D eigenvalue weighted by molar-refractivity contribution is 0.0970. The lowest BCUT2D eigenvalue weighted by atomic mass is 9.81. The number of carbonyl (C=O) groups is 1. The average molecular weight is 255 g/mol. The standard InChI is InChI=1S/C13H13N5O/c19-12-11-17-9-6-14-8-16-10(9)18(11)13(7-15-12)4-2-1-3-5-13/h6-8H,1-5H2. The van der Waals surface area contributed by atoms with Gasteiger partial charge in [-0.1, -0.05) is 19.3 Å². The van der Waals surface area contributed by atoms with Crippen molar-refractivity contribution in [3.8, 4) is 0 Å². The number of fused-ring (bicyclic) bond motifs is 4. The van der Waals surface area contributed by atoms with Gasteiger partial charge in [0.2, 0.25) is 5.82 Å². The summed E-state index contributed by atoms with van der Waals surface area (Å²) in [6.45, 7) is 0. The first kappa shape index (κ1) is 10.8. The van der Waals surface area contributed by atoms with E-state index in [1.807, 2.05) is 10.8 Å². The van der Waals surface area contributed by atoms with E-state index in [0.717, 1.165) is 31.3 Å². The van der Waals surface area contributed by atoms with Crippen LogP contribution in [0.4, 0.5) is 0 Å². The minimum absolute atomic E-state index is 0.218. The zero-order chi connectivity index (χ0) is 12.9. The summed E-state index contributed by atoms with van der Waals surface area (Å²) in [5.74, 6) is 0.120. The zero-order valence-electron chi connectivity index (χ0n) is 10.4. The first-order chi connectivity index (χ1) is 9.30. The van der Waals surface area contributed by atoms with Gasteiger partial charge in [0.1, 0.15) is 11.8 Å². The smallest absolute Gasteiger partial charge is 0.293 e. The van der Waals surface area contributed by atoms with Gasteiger partial charge in [0, 0.05) is 6.21 Å². The van der Waals surface area contributed by atoms with Crippen molar-refractivity contribution in [3.63, 3.8) is 0 Å². The summed E-state index contributed by atoms with van der Waals surface area (Å²) >= 11 is 0. The molecule has 2 aromatic heterocycles. The molecule has 4 rings (SSSR count). The second kappa shape index (κ2) is 3.69. The number of amides is 1. The summed E-state index contributed by atoms with van der Waals surface area (Å²) < 4.78 is 1.98.